The molecule has 1 atom stereocenters. The molecule has 0 spiro atoms. The number of carbonyl (C=O) groups is 1. The van der Waals surface area contributed by atoms with Crippen molar-refractivity contribution in [3.63, 3.8) is 0 Å². The van der Waals surface area contributed by atoms with Crippen molar-refractivity contribution in [2.45, 2.75) is 38.3 Å². The third-order valence-electron chi connectivity index (χ3n) is 3.81. The second kappa shape index (κ2) is 6.30. The van der Waals surface area contributed by atoms with Gasteiger partial charge in [0.25, 0.3) is 5.91 Å². The minimum atomic E-state index is -0.638. The monoisotopic (exact) mass is 321 g/mol. The molecule has 0 bridgehead atoms. The second-order valence-electron chi connectivity index (χ2n) is 6.40. The number of aliphatic hydroxyl groups is 1. The van der Waals surface area contributed by atoms with Crippen molar-refractivity contribution >= 4 is 22.8 Å². The number of nitrogens with two attached hydrogens (primary N) is 1. The van der Waals surface area contributed by atoms with Gasteiger partial charge >= 0.3 is 0 Å². The Morgan fingerprint density at radius 3 is 2.64 bits per heavy atom. The number of amidine groups is 1. The Hall–Kier alpha value is -1.53. The molecule has 5 nitrogen and oxygen atoms in total. The Labute approximate surface area is 135 Å². The van der Waals surface area contributed by atoms with Gasteiger partial charge in [-0.15, -0.1) is 0 Å². The second-order valence-corrected chi connectivity index (χ2v) is 7.51. The summed E-state index contributed by atoms with van der Waals surface area (Å²) in [7, 11) is 0. The van der Waals surface area contributed by atoms with Crippen LogP contribution in [0.1, 0.15) is 43.1 Å². The van der Waals surface area contributed by atoms with Gasteiger partial charge in [-0.3, -0.25) is 9.79 Å². The molecule has 0 aromatic heterocycles. The van der Waals surface area contributed by atoms with Gasteiger partial charge in [-0.25, -0.2) is 0 Å². The fraction of sp³-hybridized carbons (Fsp3) is 0.500. The number of aliphatic hydroxyl groups excluding tert-OH is 1. The molecule has 1 unspecified atom stereocenters. The van der Waals surface area contributed by atoms with E-state index in [4.69, 9.17) is 5.73 Å². The predicted molar refractivity (Wildman–Crippen MR) is 91.1 cm³/mol. The van der Waals surface area contributed by atoms with Crippen LogP contribution in [0.25, 0.3) is 0 Å². The number of benzene rings is 1. The minimum Gasteiger partial charge on any atom is -0.394 e. The van der Waals surface area contributed by atoms with Crippen LogP contribution in [-0.2, 0) is 5.54 Å². The average molecular weight is 321 g/mol. The zero-order valence-corrected chi connectivity index (χ0v) is 14.0. The van der Waals surface area contributed by atoms with Gasteiger partial charge < -0.3 is 16.2 Å². The number of thioether (sulfide) groups is 1. The van der Waals surface area contributed by atoms with E-state index in [1.54, 1.807) is 37.7 Å². The van der Waals surface area contributed by atoms with E-state index in [1.165, 1.54) is 0 Å². The van der Waals surface area contributed by atoms with Crippen LogP contribution in [0.4, 0.5) is 0 Å². The molecule has 6 heteroatoms. The van der Waals surface area contributed by atoms with Crippen molar-refractivity contribution < 1.29 is 9.90 Å². The molecule has 22 heavy (non-hydrogen) atoms. The van der Waals surface area contributed by atoms with Gasteiger partial charge in [0.05, 0.1) is 17.7 Å². The predicted octanol–water partition coefficient (Wildman–Crippen LogP) is 1.85. The number of nitrogens with zero attached hydrogens (tertiary/aromatic N) is 1. The van der Waals surface area contributed by atoms with Crippen LogP contribution >= 0.6 is 11.8 Å². The van der Waals surface area contributed by atoms with Crippen molar-refractivity contribution in [2.24, 2.45) is 10.7 Å². The third-order valence-corrected chi connectivity index (χ3v) is 4.61. The van der Waals surface area contributed by atoms with Gasteiger partial charge in [-0.1, -0.05) is 23.9 Å². The van der Waals surface area contributed by atoms with E-state index in [1.807, 2.05) is 12.1 Å². The molecule has 4 N–H and O–H groups in total. The summed E-state index contributed by atoms with van der Waals surface area (Å²) >= 11 is 1.57. The van der Waals surface area contributed by atoms with Crippen LogP contribution in [0.5, 0.6) is 0 Å². The topological polar surface area (TPSA) is 87.7 Å². The maximum Gasteiger partial charge on any atom is 0.251 e. The Morgan fingerprint density at radius 1 is 1.45 bits per heavy atom. The van der Waals surface area contributed by atoms with Crippen molar-refractivity contribution in [1.82, 2.24) is 5.32 Å². The van der Waals surface area contributed by atoms with Crippen LogP contribution < -0.4 is 11.1 Å². The van der Waals surface area contributed by atoms with Crippen LogP contribution in [0.2, 0.25) is 0 Å². The highest BCUT2D eigenvalue weighted by atomic mass is 32.2. The van der Waals surface area contributed by atoms with Crippen LogP contribution in [0.15, 0.2) is 29.3 Å². The summed E-state index contributed by atoms with van der Waals surface area (Å²) in [6.45, 7) is 5.50. The number of nitrogens with one attached hydrogen (secondary N) is 1. The Balaban J connectivity index is 2.17. The highest BCUT2D eigenvalue weighted by Crippen LogP contribution is 2.34. The summed E-state index contributed by atoms with van der Waals surface area (Å²) in [5.74, 6) is 0.747. The molecule has 1 amide bonds. The first-order valence-electron chi connectivity index (χ1n) is 7.28. The largest absolute Gasteiger partial charge is 0.394 e. The summed E-state index contributed by atoms with van der Waals surface area (Å²) < 4.78 is 0. The molecular formula is C16H23N3O2S. The Morgan fingerprint density at radius 2 is 2.09 bits per heavy atom. The van der Waals surface area contributed by atoms with Gasteiger partial charge in [-0.2, -0.15) is 0 Å². The van der Waals surface area contributed by atoms with Gasteiger partial charge in [0.15, 0.2) is 5.17 Å². The van der Waals surface area contributed by atoms with Crippen LogP contribution in [-0.4, -0.2) is 34.1 Å². The summed E-state index contributed by atoms with van der Waals surface area (Å²) in [5, 5.41) is 12.6. The Kier molecular flexibility index (Phi) is 4.82. The molecule has 1 aromatic carbocycles. The molecule has 1 aromatic rings. The maximum atomic E-state index is 12.2. The van der Waals surface area contributed by atoms with Crippen molar-refractivity contribution in [2.75, 3.05) is 12.4 Å². The van der Waals surface area contributed by atoms with E-state index in [-0.39, 0.29) is 18.1 Å². The number of amides is 1. The van der Waals surface area contributed by atoms with Gasteiger partial charge in [0.1, 0.15) is 0 Å². The third kappa shape index (κ3) is 3.81. The number of hydrogen-bond acceptors (Lipinski definition) is 5. The lowest BCUT2D eigenvalue weighted by molar-refractivity contribution is 0.0869. The lowest BCUT2D eigenvalue weighted by Crippen LogP contribution is -2.46. The first kappa shape index (κ1) is 16.8. The average Bonchev–Trinajstić information content (AvgIpc) is 2.47. The molecule has 0 radical (unpaired) electrons. The molecule has 0 saturated carbocycles. The van der Waals surface area contributed by atoms with Crippen LogP contribution in [0, 0.1) is 0 Å². The molecule has 120 valence electrons. The zero-order chi connectivity index (χ0) is 16.4. The first-order chi connectivity index (χ1) is 10.3. The van der Waals surface area contributed by atoms with Crippen molar-refractivity contribution in [3.8, 4) is 0 Å². The minimum absolute atomic E-state index is 0.111. The van der Waals surface area contributed by atoms with E-state index in [2.05, 4.69) is 17.2 Å². The van der Waals surface area contributed by atoms with E-state index >= 15 is 0 Å². The molecule has 2 rings (SSSR count). The summed E-state index contributed by atoms with van der Waals surface area (Å²) in [4.78, 5) is 16.7. The number of rotatable bonds is 4. The van der Waals surface area contributed by atoms with Gasteiger partial charge in [0, 0.05) is 11.3 Å². The summed E-state index contributed by atoms with van der Waals surface area (Å²) in [6, 6.07) is 7.43. The zero-order valence-electron chi connectivity index (χ0n) is 13.2. The fourth-order valence-electron chi connectivity index (χ4n) is 2.29. The maximum absolute atomic E-state index is 12.2. The van der Waals surface area contributed by atoms with Crippen molar-refractivity contribution in [1.29, 1.82) is 0 Å². The molecule has 1 heterocycles. The molecule has 0 fully saturated rings. The van der Waals surface area contributed by atoms with Crippen LogP contribution in [0.3, 0.4) is 0 Å². The normalized spacial score (nSPS) is 22.1. The quantitative estimate of drug-likeness (QED) is 0.790. The number of carbonyl (C=O) groups excluding carboxylic acids is 1. The smallest absolute Gasteiger partial charge is 0.251 e. The lowest BCUT2D eigenvalue weighted by atomic mass is 9.89. The molecule has 0 aliphatic carbocycles. The molecular weight excluding hydrogens is 298 g/mol. The van der Waals surface area contributed by atoms with E-state index < -0.39 is 5.54 Å². The van der Waals surface area contributed by atoms with Gasteiger partial charge in [0.2, 0.25) is 0 Å². The standard InChI is InChI=1S/C16H23N3O2S/c1-15(2,10-20)18-13(21)11-4-6-12(7-5-11)16(3)8-9-22-14(17)19-16/h4-7,20H,8-10H2,1-3H3,(H2,17,19)(H,18,21). The highest BCUT2D eigenvalue weighted by Gasteiger charge is 2.29. The summed E-state index contributed by atoms with van der Waals surface area (Å²) in [5.41, 5.74) is 6.49. The lowest BCUT2D eigenvalue weighted by Gasteiger charge is -2.30. The molecule has 0 saturated heterocycles. The molecule has 1 aliphatic rings. The summed E-state index contributed by atoms with van der Waals surface area (Å²) in [6.07, 6.45) is 0.918. The molecule has 1 aliphatic heterocycles. The SMILES string of the molecule is CC(C)(CO)NC(=O)c1ccc(C2(C)CCSC(N)=N2)cc1. The first-order valence-corrected chi connectivity index (χ1v) is 8.26. The highest BCUT2D eigenvalue weighted by molar-refractivity contribution is 8.13. The number of hydrogen-bond donors (Lipinski definition) is 3. The number of aliphatic imine (C=N–C) groups is 1. The van der Waals surface area contributed by atoms with Gasteiger partial charge in [-0.05, 0) is 44.9 Å². The van der Waals surface area contributed by atoms with E-state index in [9.17, 15) is 9.90 Å². The van der Waals surface area contributed by atoms with E-state index in [0.29, 0.717) is 10.7 Å². The fourth-order valence-corrected chi connectivity index (χ4v) is 3.27. The Bertz CT molecular complexity index is 584. The van der Waals surface area contributed by atoms with Crippen molar-refractivity contribution in [3.05, 3.63) is 35.4 Å². The van der Waals surface area contributed by atoms with E-state index in [0.717, 1.165) is 17.7 Å².